The van der Waals surface area contributed by atoms with Crippen molar-refractivity contribution in [3.05, 3.63) is 23.4 Å². The largest absolute Gasteiger partial charge is 0.370 e. The number of nitrogens with zero attached hydrogens (tertiary/aromatic N) is 3. The molecule has 1 aromatic heterocycles. The number of nitrogens with one attached hydrogen (secondary N) is 1. The van der Waals surface area contributed by atoms with E-state index in [9.17, 15) is 9.59 Å². The fraction of sp³-hybridized carbons (Fsp3) is 0.562. The maximum atomic E-state index is 12.7. The van der Waals surface area contributed by atoms with Crippen LogP contribution in [0.4, 0.5) is 5.82 Å². The third-order valence-corrected chi connectivity index (χ3v) is 4.60. The number of anilines is 1. The molecule has 1 atom stereocenters. The maximum Gasteiger partial charge on any atom is 0.255 e. The van der Waals surface area contributed by atoms with Gasteiger partial charge in [0.15, 0.2) is 0 Å². The Morgan fingerprint density at radius 2 is 2.27 bits per heavy atom. The molecule has 1 aromatic rings. The average Bonchev–Trinajstić information content (AvgIpc) is 2.55. The number of carbonyl (C=O) groups excluding carboxylic acids is 2. The molecule has 22 heavy (non-hydrogen) atoms. The number of carbonyl (C=O) groups is 2. The van der Waals surface area contributed by atoms with Crippen molar-refractivity contribution >= 4 is 17.6 Å². The zero-order chi connectivity index (χ0) is 15.7. The molecule has 3 heterocycles. The lowest BCUT2D eigenvalue weighted by Crippen LogP contribution is -2.49. The highest BCUT2D eigenvalue weighted by atomic mass is 16.2. The van der Waals surface area contributed by atoms with Gasteiger partial charge in [0, 0.05) is 45.8 Å². The number of aryl methyl sites for hydroxylation is 1. The molecular weight excluding hydrogens is 280 g/mol. The molecule has 0 spiro atoms. The Hall–Kier alpha value is -2.11. The molecule has 1 unspecified atom stereocenters. The average molecular weight is 302 g/mol. The SMILES string of the molecule is CN1CC(N(C)C(=O)c2cnc3c(c2)CCCN3)CCC1=O. The molecule has 2 amide bonds. The van der Waals surface area contributed by atoms with E-state index >= 15 is 0 Å². The predicted molar refractivity (Wildman–Crippen MR) is 83.8 cm³/mol. The van der Waals surface area contributed by atoms with Gasteiger partial charge < -0.3 is 15.1 Å². The summed E-state index contributed by atoms with van der Waals surface area (Å²) in [5.74, 6) is 1.03. The third-order valence-electron chi connectivity index (χ3n) is 4.60. The first kappa shape index (κ1) is 14.8. The van der Waals surface area contributed by atoms with Crippen LogP contribution in [-0.2, 0) is 11.2 Å². The van der Waals surface area contributed by atoms with E-state index in [1.165, 1.54) is 0 Å². The van der Waals surface area contributed by atoms with Gasteiger partial charge in [-0.25, -0.2) is 4.98 Å². The minimum Gasteiger partial charge on any atom is -0.370 e. The lowest BCUT2D eigenvalue weighted by molar-refractivity contribution is -0.133. The van der Waals surface area contributed by atoms with E-state index in [1.54, 1.807) is 23.0 Å². The van der Waals surface area contributed by atoms with Crippen LogP contribution in [0, 0.1) is 0 Å². The number of aromatic nitrogens is 1. The van der Waals surface area contributed by atoms with Crippen molar-refractivity contribution in [3.63, 3.8) is 0 Å². The van der Waals surface area contributed by atoms with Crippen molar-refractivity contribution in [1.29, 1.82) is 0 Å². The number of amides is 2. The monoisotopic (exact) mass is 302 g/mol. The van der Waals surface area contributed by atoms with Gasteiger partial charge in [-0.15, -0.1) is 0 Å². The molecule has 0 saturated carbocycles. The molecule has 6 nitrogen and oxygen atoms in total. The molecule has 0 bridgehead atoms. The van der Waals surface area contributed by atoms with Gasteiger partial charge in [0.05, 0.1) is 5.56 Å². The molecule has 6 heteroatoms. The first-order valence-corrected chi connectivity index (χ1v) is 7.80. The molecule has 2 aliphatic rings. The summed E-state index contributed by atoms with van der Waals surface area (Å²) in [6.07, 6.45) is 4.91. The van der Waals surface area contributed by atoms with Crippen LogP contribution in [0.2, 0.25) is 0 Å². The third kappa shape index (κ3) is 2.77. The molecule has 1 N–H and O–H groups in total. The highest BCUT2D eigenvalue weighted by Gasteiger charge is 2.29. The Balaban J connectivity index is 1.74. The summed E-state index contributed by atoms with van der Waals surface area (Å²) < 4.78 is 0. The van der Waals surface area contributed by atoms with E-state index in [-0.39, 0.29) is 17.9 Å². The molecule has 0 radical (unpaired) electrons. The fourth-order valence-corrected chi connectivity index (χ4v) is 3.14. The van der Waals surface area contributed by atoms with Crippen LogP contribution in [0.25, 0.3) is 0 Å². The van der Waals surface area contributed by atoms with Crippen molar-refractivity contribution in [2.24, 2.45) is 0 Å². The van der Waals surface area contributed by atoms with Crippen molar-refractivity contribution in [2.75, 3.05) is 32.5 Å². The summed E-state index contributed by atoms with van der Waals surface area (Å²) in [4.78, 5) is 32.1. The van der Waals surface area contributed by atoms with Gasteiger partial charge in [-0.1, -0.05) is 0 Å². The quantitative estimate of drug-likeness (QED) is 0.889. The molecule has 118 valence electrons. The van der Waals surface area contributed by atoms with Crippen LogP contribution in [0.3, 0.4) is 0 Å². The van der Waals surface area contributed by atoms with Crippen molar-refractivity contribution in [2.45, 2.75) is 31.7 Å². The standard InChI is InChI=1S/C16H22N4O2/c1-19-10-13(5-6-14(19)21)20(2)16(22)12-8-11-4-3-7-17-15(11)18-9-12/h8-9,13H,3-7,10H2,1-2H3,(H,17,18). The topological polar surface area (TPSA) is 65.5 Å². The Morgan fingerprint density at radius 1 is 1.45 bits per heavy atom. The Bertz CT molecular complexity index is 602. The van der Waals surface area contributed by atoms with Crippen LogP contribution in [0.5, 0.6) is 0 Å². The second kappa shape index (κ2) is 5.94. The Labute approximate surface area is 130 Å². The fourth-order valence-electron chi connectivity index (χ4n) is 3.14. The second-order valence-electron chi connectivity index (χ2n) is 6.14. The molecule has 1 saturated heterocycles. The molecular formula is C16H22N4O2. The predicted octanol–water partition coefficient (Wildman–Crippen LogP) is 1.13. The minimum atomic E-state index is -0.0198. The van der Waals surface area contributed by atoms with E-state index in [0.717, 1.165) is 37.2 Å². The highest BCUT2D eigenvalue weighted by Crippen LogP contribution is 2.22. The minimum absolute atomic E-state index is 0.0198. The van der Waals surface area contributed by atoms with Gasteiger partial charge in [-0.2, -0.15) is 0 Å². The number of piperidine rings is 1. The smallest absolute Gasteiger partial charge is 0.255 e. The first-order valence-electron chi connectivity index (χ1n) is 7.80. The van der Waals surface area contributed by atoms with E-state index in [2.05, 4.69) is 10.3 Å². The van der Waals surface area contributed by atoms with Gasteiger partial charge in [0.25, 0.3) is 5.91 Å². The normalized spacial score (nSPS) is 21.1. The Kier molecular flexibility index (Phi) is 4.00. The van der Waals surface area contributed by atoms with Gasteiger partial charge in [0.2, 0.25) is 5.91 Å². The summed E-state index contributed by atoms with van der Waals surface area (Å²) in [6, 6.07) is 2.02. The van der Waals surface area contributed by atoms with E-state index in [1.807, 2.05) is 13.1 Å². The zero-order valence-corrected chi connectivity index (χ0v) is 13.1. The molecule has 3 rings (SSSR count). The van der Waals surface area contributed by atoms with Gasteiger partial charge >= 0.3 is 0 Å². The summed E-state index contributed by atoms with van der Waals surface area (Å²) in [7, 11) is 3.60. The lowest BCUT2D eigenvalue weighted by Gasteiger charge is -2.35. The molecule has 0 aliphatic carbocycles. The number of likely N-dealkylation sites (tertiary alicyclic amines) is 1. The highest BCUT2D eigenvalue weighted by molar-refractivity contribution is 5.94. The van der Waals surface area contributed by atoms with E-state index in [4.69, 9.17) is 0 Å². The number of hydrogen-bond donors (Lipinski definition) is 1. The number of pyridine rings is 1. The molecule has 1 fully saturated rings. The van der Waals surface area contributed by atoms with Crippen LogP contribution in [0.15, 0.2) is 12.3 Å². The van der Waals surface area contributed by atoms with Crippen molar-refractivity contribution in [1.82, 2.24) is 14.8 Å². The molecule has 2 aliphatic heterocycles. The number of likely N-dealkylation sites (N-methyl/N-ethyl adjacent to an activating group) is 2. The number of fused-ring (bicyclic) bond motifs is 1. The van der Waals surface area contributed by atoms with Crippen molar-refractivity contribution < 1.29 is 9.59 Å². The van der Waals surface area contributed by atoms with Crippen molar-refractivity contribution in [3.8, 4) is 0 Å². The van der Waals surface area contributed by atoms with E-state index < -0.39 is 0 Å². The second-order valence-corrected chi connectivity index (χ2v) is 6.14. The summed E-state index contributed by atoms with van der Waals surface area (Å²) in [5.41, 5.74) is 1.74. The van der Waals surface area contributed by atoms with Crippen LogP contribution >= 0.6 is 0 Å². The summed E-state index contributed by atoms with van der Waals surface area (Å²) >= 11 is 0. The first-order chi connectivity index (χ1) is 10.6. The van der Waals surface area contributed by atoms with Crippen LogP contribution < -0.4 is 5.32 Å². The molecule has 0 aromatic carbocycles. The van der Waals surface area contributed by atoms with Gasteiger partial charge in [-0.3, -0.25) is 9.59 Å². The van der Waals surface area contributed by atoms with E-state index in [0.29, 0.717) is 18.5 Å². The summed E-state index contributed by atoms with van der Waals surface area (Å²) in [5, 5.41) is 3.25. The van der Waals surface area contributed by atoms with Gasteiger partial charge in [-0.05, 0) is 30.9 Å². The maximum absolute atomic E-state index is 12.7. The lowest BCUT2D eigenvalue weighted by atomic mass is 10.0. The summed E-state index contributed by atoms with van der Waals surface area (Å²) in [6.45, 7) is 1.54. The van der Waals surface area contributed by atoms with Crippen LogP contribution in [-0.4, -0.2) is 59.8 Å². The number of rotatable bonds is 2. The Morgan fingerprint density at radius 3 is 3.05 bits per heavy atom. The number of hydrogen-bond acceptors (Lipinski definition) is 4. The van der Waals surface area contributed by atoms with Crippen LogP contribution in [0.1, 0.15) is 35.2 Å². The zero-order valence-electron chi connectivity index (χ0n) is 13.1. The van der Waals surface area contributed by atoms with Gasteiger partial charge in [0.1, 0.15) is 5.82 Å².